The third-order valence-corrected chi connectivity index (χ3v) is 7.03. The molecule has 0 N–H and O–H groups in total. The summed E-state index contributed by atoms with van der Waals surface area (Å²) < 4.78 is 42.6. The number of fused-ring (bicyclic) bond motifs is 1. The normalized spacial score (nSPS) is 11.9. The Morgan fingerprint density at radius 2 is 1.83 bits per heavy atom. The zero-order valence-corrected chi connectivity index (χ0v) is 19.2. The highest BCUT2D eigenvalue weighted by Crippen LogP contribution is 2.28. The van der Waals surface area contributed by atoms with E-state index < -0.39 is 9.84 Å². The first-order valence-electron chi connectivity index (χ1n) is 9.54. The van der Waals surface area contributed by atoms with Gasteiger partial charge in [0.05, 0.1) is 37.1 Å². The summed E-state index contributed by atoms with van der Waals surface area (Å²) in [5.41, 5.74) is 2.37. The molecule has 1 aromatic heterocycles. The van der Waals surface area contributed by atoms with Crippen molar-refractivity contribution in [1.29, 1.82) is 0 Å². The van der Waals surface area contributed by atoms with Gasteiger partial charge in [0.1, 0.15) is 0 Å². The zero-order valence-electron chi connectivity index (χ0n) is 17.5. The van der Waals surface area contributed by atoms with E-state index in [1.807, 2.05) is 29.8 Å². The van der Waals surface area contributed by atoms with Crippen LogP contribution in [0.3, 0.4) is 0 Å². The van der Waals surface area contributed by atoms with E-state index in [9.17, 15) is 8.42 Å². The van der Waals surface area contributed by atoms with Crippen molar-refractivity contribution in [3.63, 3.8) is 0 Å². The molecule has 162 valence electrons. The van der Waals surface area contributed by atoms with Gasteiger partial charge in [0.15, 0.2) is 26.9 Å². The van der Waals surface area contributed by atoms with E-state index in [1.54, 1.807) is 39.3 Å². The van der Waals surface area contributed by atoms with Crippen molar-refractivity contribution in [3.8, 4) is 11.5 Å². The molecule has 0 bridgehead atoms. The van der Waals surface area contributed by atoms with Crippen molar-refractivity contribution in [3.05, 3.63) is 46.8 Å². The number of benzene rings is 2. The Hall–Kier alpha value is -2.36. The van der Waals surface area contributed by atoms with Gasteiger partial charge in [0.25, 0.3) is 4.84 Å². The molecule has 7 nitrogen and oxygen atoms in total. The minimum Gasteiger partial charge on any atom is -0.493 e. The van der Waals surface area contributed by atoms with E-state index in [1.165, 1.54) is 0 Å². The van der Waals surface area contributed by atoms with Gasteiger partial charge in [0.2, 0.25) is 0 Å². The van der Waals surface area contributed by atoms with Gasteiger partial charge in [-0.2, -0.15) is 0 Å². The van der Waals surface area contributed by atoms with E-state index in [2.05, 4.69) is 4.90 Å². The molecule has 1 heterocycles. The van der Waals surface area contributed by atoms with Crippen LogP contribution < -0.4 is 9.47 Å². The summed E-state index contributed by atoms with van der Waals surface area (Å²) in [6.45, 7) is 2.87. The Labute approximate surface area is 181 Å². The highest BCUT2D eigenvalue weighted by atomic mass is 32.2. The van der Waals surface area contributed by atoms with Gasteiger partial charge in [-0.3, -0.25) is 9.47 Å². The molecule has 3 rings (SSSR count). The van der Waals surface area contributed by atoms with Crippen LogP contribution in [0.4, 0.5) is 0 Å². The smallest absolute Gasteiger partial charge is 0.270 e. The fourth-order valence-electron chi connectivity index (χ4n) is 3.20. The summed E-state index contributed by atoms with van der Waals surface area (Å²) in [6, 6.07) is 10.7. The van der Waals surface area contributed by atoms with E-state index >= 15 is 0 Å². The average molecular weight is 451 g/mol. The molecule has 2 aromatic carbocycles. The first kappa shape index (κ1) is 22.3. The van der Waals surface area contributed by atoms with Gasteiger partial charge in [-0.1, -0.05) is 13.0 Å². The molecule has 0 saturated heterocycles. The first-order valence-corrected chi connectivity index (χ1v) is 11.6. The minimum atomic E-state index is -3.31. The summed E-state index contributed by atoms with van der Waals surface area (Å²) in [4.78, 5) is 2.69. The lowest BCUT2D eigenvalue weighted by atomic mass is 10.1. The number of ether oxygens (including phenoxy) is 2. The molecule has 0 fully saturated rings. The van der Waals surface area contributed by atoms with Gasteiger partial charge in [-0.15, -0.1) is 0 Å². The summed E-state index contributed by atoms with van der Waals surface area (Å²) in [6.07, 6.45) is 0.801. The van der Waals surface area contributed by atoms with Crippen LogP contribution in [0.25, 0.3) is 11.1 Å². The van der Waals surface area contributed by atoms with Gasteiger partial charge in [-0.25, -0.2) is 8.42 Å². The molecule has 0 aliphatic heterocycles. The Morgan fingerprint density at radius 1 is 1.10 bits per heavy atom. The predicted molar refractivity (Wildman–Crippen MR) is 119 cm³/mol. The summed E-state index contributed by atoms with van der Waals surface area (Å²) >= 11 is 5.36. The maximum atomic E-state index is 12.2. The molecule has 0 radical (unpaired) electrons. The lowest BCUT2D eigenvalue weighted by Gasteiger charge is -2.18. The summed E-state index contributed by atoms with van der Waals surface area (Å²) in [5, 5.41) is 0. The lowest BCUT2D eigenvalue weighted by Crippen LogP contribution is -2.24. The first-order chi connectivity index (χ1) is 14.3. The van der Waals surface area contributed by atoms with Crippen LogP contribution in [0.5, 0.6) is 11.5 Å². The van der Waals surface area contributed by atoms with Crippen LogP contribution in [0.15, 0.2) is 45.7 Å². The Balaban J connectivity index is 1.78. The second kappa shape index (κ2) is 9.20. The van der Waals surface area contributed by atoms with Crippen molar-refractivity contribution in [2.45, 2.75) is 24.9 Å². The molecule has 0 aliphatic carbocycles. The standard InChI is InChI=1S/C21H26N2O5S2/c1-5-30(24,25)16-7-9-18-17(13-16)23(21(29)28-18)14-22(2)11-10-15-6-8-19(26-3)20(12-15)27-4/h6-9,12-13H,5,10-11,14H2,1-4H3. The molecular weight excluding hydrogens is 424 g/mol. The highest BCUT2D eigenvalue weighted by molar-refractivity contribution is 7.91. The van der Waals surface area contributed by atoms with E-state index in [4.69, 9.17) is 26.1 Å². The number of nitrogens with zero attached hydrogens (tertiary/aromatic N) is 2. The van der Waals surface area contributed by atoms with Crippen LogP contribution in [-0.2, 0) is 22.9 Å². The van der Waals surface area contributed by atoms with Crippen LogP contribution >= 0.6 is 12.2 Å². The summed E-state index contributed by atoms with van der Waals surface area (Å²) in [5.74, 6) is 1.44. The number of methoxy groups -OCH3 is 2. The van der Waals surface area contributed by atoms with Crippen LogP contribution in [0.1, 0.15) is 12.5 Å². The van der Waals surface area contributed by atoms with Gasteiger partial charge in [-0.05, 0) is 61.6 Å². The molecule has 0 unspecified atom stereocenters. The Morgan fingerprint density at radius 3 is 2.50 bits per heavy atom. The third kappa shape index (κ3) is 4.69. The van der Waals surface area contributed by atoms with Crippen molar-refractivity contribution in [1.82, 2.24) is 9.47 Å². The fraction of sp³-hybridized carbons (Fsp3) is 0.381. The van der Waals surface area contributed by atoms with Crippen molar-refractivity contribution < 1.29 is 22.3 Å². The second-order valence-corrected chi connectivity index (χ2v) is 9.62. The monoisotopic (exact) mass is 450 g/mol. The second-order valence-electron chi connectivity index (χ2n) is 6.99. The van der Waals surface area contributed by atoms with Gasteiger partial charge in [0, 0.05) is 6.54 Å². The number of rotatable bonds is 9. The molecule has 0 amide bonds. The number of aromatic nitrogens is 1. The number of sulfone groups is 1. The van der Waals surface area contributed by atoms with E-state index in [0.717, 1.165) is 18.5 Å². The maximum Gasteiger partial charge on any atom is 0.270 e. The lowest BCUT2D eigenvalue weighted by molar-refractivity contribution is 0.268. The molecule has 0 saturated carbocycles. The number of likely N-dealkylation sites (N-methyl/N-ethyl adjacent to an activating group) is 1. The molecular formula is C21H26N2O5S2. The van der Waals surface area contributed by atoms with Crippen LogP contribution in [0.2, 0.25) is 0 Å². The SMILES string of the molecule is CCS(=O)(=O)c1ccc2oc(=S)n(CN(C)CCc3ccc(OC)c(OC)c3)c2c1. The molecule has 0 aliphatic rings. The van der Waals surface area contributed by atoms with Crippen LogP contribution in [-0.4, -0.2) is 51.4 Å². The summed E-state index contributed by atoms with van der Waals surface area (Å²) in [7, 11) is 1.90. The third-order valence-electron chi connectivity index (χ3n) is 4.99. The minimum absolute atomic E-state index is 0.0440. The Kier molecular flexibility index (Phi) is 6.84. The van der Waals surface area contributed by atoms with E-state index in [-0.39, 0.29) is 10.6 Å². The number of oxazole rings is 1. The zero-order chi connectivity index (χ0) is 21.9. The van der Waals surface area contributed by atoms with Crippen LogP contribution in [0, 0.1) is 4.84 Å². The van der Waals surface area contributed by atoms with Crippen molar-refractivity contribution in [2.24, 2.45) is 0 Å². The largest absolute Gasteiger partial charge is 0.493 e. The fourth-order valence-corrected chi connectivity index (χ4v) is 4.35. The predicted octanol–water partition coefficient (Wildman–Crippen LogP) is 3.91. The topological polar surface area (TPSA) is 73.9 Å². The average Bonchev–Trinajstić information content (AvgIpc) is 3.06. The molecule has 0 spiro atoms. The van der Waals surface area contributed by atoms with Gasteiger partial charge < -0.3 is 13.9 Å². The molecule has 0 atom stereocenters. The molecule has 30 heavy (non-hydrogen) atoms. The quantitative estimate of drug-likeness (QED) is 0.458. The molecule has 3 aromatic rings. The van der Waals surface area contributed by atoms with Gasteiger partial charge >= 0.3 is 0 Å². The highest BCUT2D eigenvalue weighted by Gasteiger charge is 2.16. The number of hydrogen-bond acceptors (Lipinski definition) is 7. The van der Waals surface area contributed by atoms with E-state index in [0.29, 0.717) is 34.1 Å². The maximum absolute atomic E-state index is 12.2. The molecule has 9 heteroatoms. The van der Waals surface area contributed by atoms with Crippen molar-refractivity contribution >= 4 is 33.2 Å². The Bertz CT molecular complexity index is 1200. The van der Waals surface area contributed by atoms with Crippen molar-refractivity contribution in [2.75, 3.05) is 33.6 Å². The number of hydrogen-bond donors (Lipinski definition) is 0.